The Bertz CT molecular complexity index is 551. The minimum absolute atomic E-state index is 0.459. The van der Waals surface area contributed by atoms with E-state index in [1.165, 1.54) is 11.3 Å². The number of rotatable bonds is 3. The molecule has 2 aromatic heterocycles. The second-order valence-corrected chi connectivity index (χ2v) is 4.89. The molecule has 1 atom stereocenters. The van der Waals surface area contributed by atoms with Crippen molar-refractivity contribution in [3.05, 3.63) is 22.2 Å². The van der Waals surface area contributed by atoms with Gasteiger partial charge in [0.05, 0.1) is 17.2 Å². The molecular weight excluding hydrogens is 238 g/mol. The van der Waals surface area contributed by atoms with E-state index in [9.17, 15) is 5.11 Å². The zero-order chi connectivity index (χ0) is 12.6. The van der Waals surface area contributed by atoms with Crippen LogP contribution in [0.1, 0.15) is 22.4 Å². The highest BCUT2D eigenvalue weighted by atomic mass is 32.1. The van der Waals surface area contributed by atoms with Crippen LogP contribution in [0.25, 0.3) is 10.2 Å². The summed E-state index contributed by atoms with van der Waals surface area (Å²) in [4.78, 5) is 5.74. The Balaban J connectivity index is 2.72. The summed E-state index contributed by atoms with van der Waals surface area (Å²) in [5, 5.41) is 10.3. The first-order chi connectivity index (χ1) is 8.04. The average molecular weight is 253 g/mol. The van der Waals surface area contributed by atoms with E-state index < -0.39 is 6.23 Å². The standard InChI is InChI=1S/C11H15N3O2S/c1-5-3-6(4-16-2)7-8(12)9(10(13)15)17-11(7)14-5/h3,10,15H,4,12-13H2,1-2H3. The van der Waals surface area contributed by atoms with Gasteiger partial charge in [-0.15, -0.1) is 11.3 Å². The highest BCUT2D eigenvalue weighted by Gasteiger charge is 2.17. The molecule has 0 amide bonds. The summed E-state index contributed by atoms with van der Waals surface area (Å²) >= 11 is 1.32. The number of aromatic nitrogens is 1. The Morgan fingerprint density at radius 1 is 1.59 bits per heavy atom. The summed E-state index contributed by atoms with van der Waals surface area (Å²) in [5.41, 5.74) is 13.8. The molecule has 2 heterocycles. The van der Waals surface area contributed by atoms with Crippen molar-refractivity contribution >= 4 is 27.2 Å². The van der Waals surface area contributed by atoms with Crippen LogP contribution < -0.4 is 11.5 Å². The summed E-state index contributed by atoms with van der Waals surface area (Å²) < 4.78 is 5.14. The van der Waals surface area contributed by atoms with E-state index in [0.29, 0.717) is 17.2 Å². The lowest BCUT2D eigenvalue weighted by molar-refractivity contribution is 0.185. The van der Waals surface area contributed by atoms with E-state index in [0.717, 1.165) is 21.5 Å². The van der Waals surface area contributed by atoms with Crippen molar-refractivity contribution in [3.8, 4) is 0 Å². The minimum Gasteiger partial charge on any atom is -0.397 e. The molecule has 2 rings (SSSR count). The number of thiophene rings is 1. The summed E-state index contributed by atoms with van der Waals surface area (Å²) in [7, 11) is 1.63. The zero-order valence-electron chi connectivity index (χ0n) is 9.73. The summed E-state index contributed by atoms with van der Waals surface area (Å²) in [6, 6.07) is 1.93. The molecule has 0 aliphatic carbocycles. The van der Waals surface area contributed by atoms with E-state index >= 15 is 0 Å². The normalized spacial score (nSPS) is 13.2. The Morgan fingerprint density at radius 2 is 2.29 bits per heavy atom. The lowest BCUT2D eigenvalue weighted by Gasteiger charge is -2.05. The molecular formula is C11H15N3O2S. The number of aliphatic hydroxyl groups excluding tert-OH is 1. The fraction of sp³-hybridized carbons (Fsp3) is 0.364. The van der Waals surface area contributed by atoms with Crippen molar-refractivity contribution in [1.82, 2.24) is 4.98 Å². The minimum atomic E-state index is -1.06. The van der Waals surface area contributed by atoms with Gasteiger partial charge in [-0.05, 0) is 18.6 Å². The molecule has 0 aliphatic rings. The Morgan fingerprint density at radius 3 is 2.88 bits per heavy atom. The number of ether oxygens (including phenoxy) is 1. The van der Waals surface area contributed by atoms with Crippen LogP contribution >= 0.6 is 11.3 Å². The molecule has 0 fully saturated rings. The van der Waals surface area contributed by atoms with E-state index in [1.807, 2.05) is 13.0 Å². The van der Waals surface area contributed by atoms with Gasteiger partial charge in [-0.25, -0.2) is 4.98 Å². The van der Waals surface area contributed by atoms with Crippen LogP contribution in [-0.4, -0.2) is 17.2 Å². The number of aryl methyl sites for hydroxylation is 1. The number of nitrogens with zero attached hydrogens (tertiary/aromatic N) is 1. The number of fused-ring (bicyclic) bond motifs is 1. The first kappa shape index (κ1) is 12.3. The molecule has 0 aliphatic heterocycles. The summed E-state index contributed by atoms with van der Waals surface area (Å²) in [6.07, 6.45) is -1.06. The van der Waals surface area contributed by atoms with E-state index in [4.69, 9.17) is 16.2 Å². The zero-order valence-corrected chi connectivity index (χ0v) is 10.5. The molecule has 0 aromatic carbocycles. The molecule has 2 aromatic rings. The van der Waals surface area contributed by atoms with Crippen LogP contribution in [-0.2, 0) is 11.3 Å². The number of nitrogens with two attached hydrogens (primary N) is 2. The van der Waals surface area contributed by atoms with Gasteiger partial charge in [0.1, 0.15) is 11.1 Å². The number of nitrogen functional groups attached to an aromatic ring is 1. The number of pyridine rings is 1. The Hall–Kier alpha value is -1.21. The molecule has 6 heteroatoms. The SMILES string of the molecule is COCc1cc(C)nc2sc(C(N)O)c(N)c12. The third-order valence-electron chi connectivity index (χ3n) is 2.51. The summed E-state index contributed by atoms with van der Waals surface area (Å²) in [5.74, 6) is 0. The Kier molecular flexibility index (Phi) is 3.30. The molecule has 0 radical (unpaired) electrons. The number of methoxy groups -OCH3 is 1. The third kappa shape index (κ3) is 2.12. The monoisotopic (exact) mass is 253 g/mol. The van der Waals surface area contributed by atoms with E-state index in [1.54, 1.807) is 7.11 Å². The number of hydrogen-bond donors (Lipinski definition) is 3. The predicted molar refractivity (Wildman–Crippen MR) is 68.6 cm³/mol. The molecule has 0 bridgehead atoms. The highest BCUT2D eigenvalue weighted by Crippen LogP contribution is 2.37. The lowest BCUT2D eigenvalue weighted by atomic mass is 10.1. The average Bonchev–Trinajstić information content (AvgIpc) is 2.56. The third-order valence-corrected chi connectivity index (χ3v) is 3.68. The van der Waals surface area contributed by atoms with Crippen molar-refractivity contribution in [2.45, 2.75) is 19.8 Å². The van der Waals surface area contributed by atoms with Gasteiger partial charge in [0.2, 0.25) is 0 Å². The van der Waals surface area contributed by atoms with Crippen molar-refractivity contribution in [2.75, 3.05) is 12.8 Å². The maximum atomic E-state index is 9.44. The van der Waals surface area contributed by atoms with Crippen LogP contribution in [0.15, 0.2) is 6.07 Å². The summed E-state index contributed by atoms with van der Waals surface area (Å²) in [6.45, 7) is 2.37. The van der Waals surface area contributed by atoms with Crippen molar-refractivity contribution in [1.29, 1.82) is 0 Å². The van der Waals surface area contributed by atoms with Gasteiger partial charge >= 0.3 is 0 Å². The molecule has 17 heavy (non-hydrogen) atoms. The quantitative estimate of drug-likeness (QED) is 0.716. The lowest BCUT2D eigenvalue weighted by Crippen LogP contribution is -2.08. The Labute approximate surface area is 103 Å². The first-order valence-electron chi connectivity index (χ1n) is 5.15. The molecule has 5 nitrogen and oxygen atoms in total. The molecule has 5 N–H and O–H groups in total. The number of hydrogen-bond acceptors (Lipinski definition) is 6. The smallest absolute Gasteiger partial charge is 0.139 e. The van der Waals surface area contributed by atoms with E-state index in [-0.39, 0.29) is 0 Å². The first-order valence-corrected chi connectivity index (χ1v) is 5.97. The van der Waals surface area contributed by atoms with Crippen molar-refractivity contribution in [3.63, 3.8) is 0 Å². The van der Waals surface area contributed by atoms with Gasteiger partial charge in [-0.1, -0.05) is 0 Å². The molecule has 0 saturated carbocycles. The second-order valence-electron chi connectivity index (χ2n) is 3.86. The topological polar surface area (TPSA) is 94.4 Å². The highest BCUT2D eigenvalue weighted by molar-refractivity contribution is 7.19. The van der Waals surface area contributed by atoms with Crippen molar-refractivity contribution < 1.29 is 9.84 Å². The fourth-order valence-corrected chi connectivity index (χ4v) is 2.92. The second kappa shape index (κ2) is 4.58. The van der Waals surface area contributed by atoms with Crippen LogP contribution in [0.5, 0.6) is 0 Å². The van der Waals surface area contributed by atoms with Crippen LogP contribution in [0.4, 0.5) is 5.69 Å². The maximum absolute atomic E-state index is 9.44. The van der Waals surface area contributed by atoms with Crippen LogP contribution in [0.2, 0.25) is 0 Å². The van der Waals surface area contributed by atoms with Gasteiger partial charge in [0.25, 0.3) is 0 Å². The van der Waals surface area contributed by atoms with Gasteiger partial charge < -0.3 is 21.3 Å². The van der Waals surface area contributed by atoms with Gasteiger partial charge in [0.15, 0.2) is 0 Å². The maximum Gasteiger partial charge on any atom is 0.139 e. The van der Waals surface area contributed by atoms with Gasteiger partial charge in [-0.2, -0.15) is 0 Å². The number of aliphatic hydroxyl groups is 1. The number of anilines is 1. The molecule has 1 unspecified atom stereocenters. The van der Waals surface area contributed by atoms with Crippen LogP contribution in [0.3, 0.4) is 0 Å². The largest absolute Gasteiger partial charge is 0.397 e. The molecule has 0 saturated heterocycles. The molecule has 92 valence electrons. The fourth-order valence-electron chi connectivity index (χ4n) is 1.84. The van der Waals surface area contributed by atoms with Gasteiger partial charge in [-0.3, -0.25) is 0 Å². The van der Waals surface area contributed by atoms with Crippen molar-refractivity contribution in [2.24, 2.45) is 5.73 Å². The van der Waals surface area contributed by atoms with E-state index in [2.05, 4.69) is 4.98 Å². The van der Waals surface area contributed by atoms with Crippen LogP contribution in [0, 0.1) is 6.92 Å². The predicted octanol–water partition coefficient (Wildman–Crippen LogP) is 1.28. The van der Waals surface area contributed by atoms with Gasteiger partial charge in [0, 0.05) is 18.2 Å². The molecule has 0 spiro atoms.